The van der Waals surface area contributed by atoms with Gasteiger partial charge in [0.05, 0.1) is 16.7 Å². The van der Waals surface area contributed by atoms with Crippen LogP contribution in [0.25, 0.3) is 11.0 Å². The van der Waals surface area contributed by atoms with E-state index in [4.69, 9.17) is 0 Å². The molecule has 0 bridgehead atoms. The van der Waals surface area contributed by atoms with Gasteiger partial charge in [0.25, 0.3) is 0 Å². The molecule has 1 aromatic heterocycles. The molecule has 4 nitrogen and oxygen atoms in total. The van der Waals surface area contributed by atoms with E-state index in [0.717, 1.165) is 16.7 Å². The first-order valence-electron chi connectivity index (χ1n) is 5.33. The van der Waals surface area contributed by atoms with E-state index in [1.54, 1.807) is 0 Å². The number of aromatic nitrogens is 2. The fourth-order valence-corrected chi connectivity index (χ4v) is 1.59. The summed E-state index contributed by atoms with van der Waals surface area (Å²) in [6.45, 7) is 0. The minimum Gasteiger partial charge on any atom is -0.321 e. The molecule has 3 rings (SSSR count). The number of rotatable bonds is 2. The Balaban J connectivity index is 1.92. The zero-order chi connectivity index (χ0) is 11.5. The van der Waals surface area contributed by atoms with Crippen LogP contribution in [0, 0.1) is 0 Å². The van der Waals surface area contributed by atoms with Gasteiger partial charge in [-0.3, -0.25) is 0 Å². The van der Waals surface area contributed by atoms with E-state index in [-0.39, 0.29) is 0 Å². The van der Waals surface area contributed by atoms with Gasteiger partial charge in [-0.15, -0.1) is 10.2 Å². The van der Waals surface area contributed by atoms with Gasteiger partial charge in [-0.05, 0) is 24.3 Å². The molecule has 0 aliphatic heterocycles. The molecule has 1 heterocycles. The number of nitrogens with one attached hydrogen (secondary N) is 1. The Morgan fingerprint density at radius 2 is 1.59 bits per heavy atom. The number of imidazole rings is 1. The molecular weight excluding hydrogens is 212 g/mol. The number of azo groups is 1. The number of fused-ring (bicyclic) bond motifs is 1. The molecule has 0 atom stereocenters. The Labute approximate surface area is 98.0 Å². The fourth-order valence-electron chi connectivity index (χ4n) is 1.59. The van der Waals surface area contributed by atoms with Crippen LogP contribution in [0.3, 0.4) is 0 Å². The van der Waals surface area contributed by atoms with Crippen molar-refractivity contribution in [2.24, 2.45) is 10.2 Å². The quantitative estimate of drug-likeness (QED) is 0.655. The average Bonchev–Trinajstić information content (AvgIpc) is 2.80. The van der Waals surface area contributed by atoms with E-state index < -0.39 is 0 Å². The molecule has 0 unspecified atom stereocenters. The van der Waals surface area contributed by atoms with Crippen LogP contribution in [0.1, 0.15) is 0 Å². The van der Waals surface area contributed by atoms with Gasteiger partial charge >= 0.3 is 0 Å². The summed E-state index contributed by atoms with van der Waals surface area (Å²) in [5.41, 5.74) is 2.68. The molecule has 0 aliphatic carbocycles. The third kappa shape index (κ3) is 2.06. The highest BCUT2D eigenvalue weighted by Crippen LogP contribution is 2.18. The van der Waals surface area contributed by atoms with Crippen molar-refractivity contribution in [3.63, 3.8) is 0 Å². The number of hydrogen-bond donors (Lipinski definition) is 1. The molecule has 2 aromatic carbocycles. The van der Waals surface area contributed by atoms with Crippen molar-refractivity contribution in [3.05, 3.63) is 54.6 Å². The lowest BCUT2D eigenvalue weighted by Gasteiger charge is -1.87. The fraction of sp³-hybridized carbons (Fsp3) is 0. The van der Waals surface area contributed by atoms with Crippen LogP contribution in [0.5, 0.6) is 0 Å². The van der Waals surface area contributed by atoms with E-state index in [2.05, 4.69) is 20.2 Å². The van der Waals surface area contributed by atoms with Crippen molar-refractivity contribution in [1.82, 2.24) is 9.97 Å². The number of H-pyrrole nitrogens is 1. The third-order valence-electron chi connectivity index (χ3n) is 2.39. The lowest BCUT2D eigenvalue weighted by molar-refractivity contribution is 1.13. The van der Waals surface area contributed by atoms with Crippen molar-refractivity contribution < 1.29 is 0 Å². The van der Waals surface area contributed by atoms with Crippen LogP contribution in [-0.4, -0.2) is 9.97 Å². The molecule has 0 saturated heterocycles. The molecule has 0 saturated carbocycles. The van der Waals surface area contributed by atoms with Crippen LogP contribution in [0.2, 0.25) is 0 Å². The Kier molecular flexibility index (Phi) is 2.38. The minimum absolute atomic E-state index is 0.523. The van der Waals surface area contributed by atoms with Gasteiger partial charge in [0, 0.05) is 0 Å². The number of nitrogens with zero attached hydrogens (tertiary/aromatic N) is 3. The summed E-state index contributed by atoms with van der Waals surface area (Å²) in [6.07, 6.45) is 0. The number of benzene rings is 2. The van der Waals surface area contributed by atoms with Crippen LogP contribution < -0.4 is 0 Å². The zero-order valence-corrected chi connectivity index (χ0v) is 9.04. The van der Waals surface area contributed by atoms with E-state index in [0.29, 0.717) is 5.95 Å². The first kappa shape index (κ1) is 9.72. The summed E-state index contributed by atoms with van der Waals surface area (Å²) in [5, 5.41) is 8.18. The normalized spacial score (nSPS) is 11.3. The summed E-state index contributed by atoms with van der Waals surface area (Å²) in [4.78, 5) is 7.41. The molecule has 0 aliphatic rings. The van der Waals surface area contributed by atoms with Gasteiger partial charge in [-0.25, -0.2) is 4.98 Å². The monoisotopic (exact) mass is 222 g/mol. The molecule has 0 radical (unpaired) electrons. The number of hydrogen-bond acceptors (Lipinski definition) is 3. The summed E-state index contributed by atoms with van der Waals surface area (Å²) >= 11 is 0. The third-order valence-corrected chi connectivity index (χ3v) is 2.39. The predicted octanol–water partition coefficient (Wildman–Crippen LogP) is 3.98. The minimum atomic E-state index is 0.523. The molecule has 3 aromatic rings. The first-order chi connectivity index (χ1) is 8.42. The second kappa shape index (κ2) is 4.17. The molecular formula is C13H10N4. The topological polar surface area (TPSA) is 53.4 Å². The molecule has 17 heavy (non-hydrogen) atoms. The lowest BCUT2D eigenvalue weighted by Crippen LogP contribution is -1.65. The smallest absolute Gasteiger partial charge is 0.247 e. The van der Waals surface area contributed by atoms with E-state index in [1.807, 2.05) is 54.6 Å². The second-order valence-electron chi connectivity index (χ2n) is 3.61. The van der Waals surface area contributed by atoms with E-state index in [9.17, 15) is 0 Å². The highest BCUT2D eigenvalue weighted by Gasteiger charge is 1.99. The molecule has 0 spiro atoms. The predicted molar refractivity (Wildman–Crippen MR) is 66.7 cm³/mol. The summed E-state index contributed by atoms with van der Waals surface area (Å²) in [7, 11) is 0. The standard InChI is InChI=1S/C13H10N4/c1-2-6-10(7-3-1)16-17-13-14-11-8-4-5-9-12(11)15-13/h1-9H,(H,14,15). The lowest BCUT2D eigenvalue weighted by atomic mass is 10.3. The average molecular weight is 222 g/mol. The maximum Gasteiger partial charge on any atom is 0.247 e. The van der Waals surface area contributed by atoms with E-state index in [1.165, 1.54) is 0 Å². The number of aromatic amines is 1. The molecule has 82 valence electrons. The van der Waals surface area contributed by atoms with Gasteiger partial charge in [-0.1, -0.05) is 30.3 Å². The Hall–Kier alpha value is -2.49. The maximum atomic E-state index is 4.31. The van der Waals surface area contributed by atoms with Gasteiger partial charge < -0.3 is 4.98 Å². The summed E-state index contributed by atoms with van der Waals surface area (Å²) in [5.74, 6) is 0.523. The van der Waals surface area contributed by atoms with Gasteiger partial charge in [-0.2, -0.15) is 0 Å². The summed E-state index contributed by atoms with van der Waals surface area (Å²) < 4.78 is 0. The van der Waals surface area contributed by atoms with Crippen LogP contribution in [0.15, 0.2) is 64.8 Å². The maximum absolute atomic E-state index is 4.31. The van der Waals surface area contributed by atoms with Crippen molar-refractivity contribution in [3.8, 4) is 0 Å². The van der Waals surface area contributed by atoms with Crippen LogP contribution in [-0.2, 0) is 0 Å². The van der Waals surface area contributed by atoms with E-state index >= 15 is 0 Å². The van der Waals surface area contributed by atoms with Gasteiger partial charge in [0.15, 0.2) is 0 Å². The molecule has 0 fully saturated rings. The Morgan fingerprint density at radius 1 is 0.824 bits per heavy atom. The van der Waals surface area contributed by atoms with Crippen molar-refractivity contribution >= 4 is 22.7 Å². The second-order valence-corrected chi connectivity index (χ2v) is 3.61. The Bertz CT molecular complexity index is 622. The SMILES string of the molecule is c1ccc(N=Nc2nc3ccccc3[nH]2)cc1. The first-order valence-corrected chi connectivity index (χ1v) is 5.33. The Morgan fingerprint density at radius 3 is 2.41 bits per heavy atom. The van der Waals surface area contributed by atoms with Crippen molar-refractivity contribution in [2.45, 2.75) is 0 Å². The van der Waals surface area contributed by atoms with Crippen LogP contribution >= 0.6 is 0 Å². The zero-order valence-electron chi connectivity index (χ0n) is 9.04. The van der Waals surface area contributed by atoms with Gasteiger partial charge in [0.1, 0.15) is 0 Å². The van der Waals surface area contributed by atoms with Crippen molar-refractivity contribution in [2.75, 3.05) is 0 Å². The highest BCUT2D eigenvalue weighted by molar-refractivity contribution is 5.76. The van der Waals surface area contributed by atoms with Gasteiger partial charge in [0.2, 0.25) is 5.95 Å². The van der Waals surface area contributed by atoms with Crippen molar-refractivity contribution in [1.29, 1.82) is 0 Å². The molecule has 0 amide bonds. The van der Waals surface area contributed by atoms with Crippen LogP contribution in [0.4, 0.5) is 11.6 Å². The molecule has 1 N–H and O–H groups in total. The largest absolute Gasteiger partial charge is 0.321 e. The number of para-hydroxylation sites is 2. The summed E-state index contributed by atoms with van der Waals surface area (Å²) in [6, 6.07) is 17.4. The highest BCUT2D eigenvalue weighted by atomic mass is 15.2. The molecule has 4 heteroatoms.